The van der Waals surface area contributed by atoms with Gasteiger partial charge in [0.25, 0.3) is 0 Å². The third-order valence-electron chi connectivity index (χ3n) is 4.62. The predicted octanol–water partition coefficient (Wildman–Crippen LogP) is 0.531. The second-order valence-electron chi connectivity index (χ2n) is 6.14. The summed E-state index contributed by atoms with van der Waals surface area (Å²) in [7, 11) is -4.72. The molecule has 3 rings (SSSR count). The molecule has 6 heteroatoms. The van der Waals surface area contributed by atoms with E-state index in [1.807, 2.05) is 91.0 Å². The van der Waals surface area contributed by atoms with Crippen LogP contribution in [0.15, 0.2) is 104 Å². The van der Waals surface area contributed by atoms with Crippen LogP contribution in [0.25, 0.3) is 0 Å². The number of benzene rings is 3. The van der Waals surface area contributed by atoms with Crippen molar-refractivity contribution in [3.63, 3.8) is 0 Å². The van der Waals surface area contributed by atoms with Crippen LogP contribution in [0.5, 0.6) is 0 Å². The Morgan fingerprint density at radius 2 is 1.04 bits per heavy atom. The van der Waals surface area contributed by atoms with Crippen molar-refractivity contribution in [2.45, 2.75) is 0 Å². The van der Waals surface area contributed by atoms with Crippen molar-refractivity contribution in [2.75, 3.05) is 6.16 Å². The molecule has 0 bridgehead atoms. The Kier molecular flexibility index (Phi) is 5.50. The Bertz CT molecular complexity index is 796. The van der Waals surface area contributed by atoms with Crippen LogP contribution < -0.4 is 29.9 Å². The molecule has 0 amide bonds. The number of allylic oxidation sites excluding steroid dienone is 1. The van der Waals surface area contributed by atoms with Crippen LogP contribution in [0, 0.1) is 10.2 Å². The first-order chi connectivity index (χ1) is 12.9. The average Bonchev–Trinajstić information content (AvgIpc) is 2.69. The minimum atomic E-state index is -4.72. The van der Waals surface area contributed by atoms with Gasteiger partial charge in [0.2, 0.25) is 0 Å². The zero-order valence-electron chi connectivity index (χ0n) is 14.6. The first kappa shape index (κ1) is 19.7. The van der Waals surface area contributed by atoms with Crippen molar-refractivity contribution < 1.29 is 28.3 Å². The van der Waals surface area contributed by atoms with Crippen molar-refractivity contribution in [3.8, 4) is 0 Å². The molecular weight excluding hydrogens is 383 g/mol. The molecule has 0 atom stereocenters. The van der Waals surface area contributed by atoms with Crippen molar-refractivity contribution in [2.24, 2.45) is 0 Å². The van der Waals surface area contributed by atoms with E-state index in [9.17, 15) is 14.0 Å². The summed E-state index contributed by atoms with van der Waals surface area (Å²) in [6.07, 6.45) is 1.78. The zero-order valence-corrected chi connectivity index (χ0v) is 16.3. The van der Waals surface area contributed by atoms with Gasteiger partial charge in [-0.2, -0.15) is 0 Å². The van der Waals surface area contributed by atoms with Crippen LogP contribution in [0.4, 0.5) is 0 Å². The molecule has 0 unspecified atom stereocenters. The minimum absolute atomic E-state index is 0.165. The van der Waals surface area contributed by atoms with Crippen molar-refractivity contribution in [3.05, 3.63) is 104 Å². The third-order valence-corrected chi connectivity index (χ3v) is 11.6. The van der Waals surface area contributed by atoms with E-state index in [1.165, 1.54) is 0 Å². The Morgan fingerprint density at radius 1 is 0.704 bits per heavy atom. The third kappa shape index (κ3) is 3.44. The van der Waals surface area contributed by atoms with Gasteiger partial charge in [0.15, 0.2) is 0 Å². The van der Waals surface area contributed by atoms with Gasteiger partial charge in [-0.25, -0.2) is 0 Å². The summed E-state index contributed by atoms with van der Waals surface area (Å²) in [4.78, 5) is 0. The van der Waals surface area contributed by atoms with E-state index in [0.717, 1.165) is 0 Å². The summed E-state index contributed by atoms with van der Waals surface area (Å²) in [5, 5.41) is 1.94. The van der Waals surface area contributed by atoms with Gasteiger partial charge in [-0.3, -0.25) is 0 Å². The fourth-order valence-electron chi connectivity index (χ4n) is 3.57. The Hall–Kier alpha value is -2.04. The van der Waals surface area contributed by atoms with Gasteiger partial charge in [0.05, 0.1) is 0 Å². The number of halogens is 1. The van der Waals surface area contributed by atoms with Gasteiger partial charge in [0, 0.05) is 0 Å². The van der Waals surface area contributed by atoms with Crippen LogP contribution in [0.3, 0.4) is 0 Å². The molecule has 3 aromatic rings. The molecule has 0 aromatic heterocycles. The molecule has 3 aromatic carbocycles. The molecule has 0 N–H and O–H groups in total. The zero-order chi connectivity index (χ0) is 19.4. The van der Waals surface area contributed by atoms with Gasteiger partial charge in [0.1, 0.15) is 0 Å². The Morgan fingerprint density at radius 3 is 1.30 bits per heavy atom. The quantitative estimate of drug-likeness (QED) is 0.426. The molecule has 0 radical (unpaired) electrons. The molecule has 140 valence electrons. The van der Waals surface area contributed by atoms with Crippen molar-refractivity contribution in [1.29, 1.82) is 0 Å². The monoisotopic (exact) mass is 402 g/mol. The molecule has 0 fully saturated rings. The second kappa shape index (κ2) is 7.53. The van der Waals surface area contributed by atoms with Gasteiger partial charge < -0.3 is 0 Å². The summed E-state index contributed by atoms with van der Waals surface area (Å²) in [5.74, 6) is 0. The molecule has 0 aliphatic carbocycles. The summed E-state index contributed by atoms with van der Waals surface area (Å²) in [5.41, 5.74) is 0. The summed E-state index contributed by atoms with van der Waals surface area (Å²) in [6, 6.07) is 27.2. The van der Waals surface area contributed by atoms with Crippen LogP contribution in [-0.4, -0.2) is 6.16 Å². The van der Waals surface area contributed by atoms with Gasteiger partial charge in [-0.05, 0) is 0 Å². The topological polar surface area (TPSA) is 78.4 Å². The predicted molar refractivity (Wildman–Crippen MR) is 101 cm³/mol. The Balaban J connectivity index is 2.54. The van der Waals surface area contributed by atoms with E-state index in [2.05, 4.69) is 6.58 Å². The van der Waals surface area contributed by atoms with Crippen LogP contribution in [0.1, 0.15) is 0 Å². The number of rotatable bonds is 7. The van der Waals surface area contributed by atoms with E-state index in [1.54, 1.807) is 6.08 Å². The second-order valence-corrected chi connectivity index (χ2v) is 11.8. The SMILES string of the molecule is C=CCP(O[Cl+3]([O-])([O-])[O-])(c1ccccc1)(c1ccccc1)c1ccccc1. The molecule has 0 heterocycles. The summed E-state index contributed by atoms with van der Waals surface area (Å²) in [6.45, 7) is -0.307. The molecule has 0 aliphatic heterocycles. The number of hydrogen-bond acceptors (Lipinski definition) is 4. The van der Waals surface area contributed by atoms with Gasteiger partial charge >= 0.3 is 161 Å². The molecule has 0 saturated carbocycles. The maximum absolute atomic E-state index is 12.0. The van der Waals surface area contributed by atoms with Crippen LogP contribution >= 0.6 is 6.83 Å². The van der Waals surface area contributed by atoms with E-state index in [4.69, 9.17) is 4.08 Å². The van der Waals surface area contributed by atoms with Crippen LogP contribution in [-0.2, 0) is 4.08 Å². The van der Waals surface area contributed by atoms with Crippen molar-refractivity contribution in [1.82, 2.24) is 0 Å². The normalized spacial score (nSPS) is 13.5. The summed E-state index contributed by atoms with van der Waals surface area (Å²) < 4.78 is 41.8. The van der Waals surface area contributed by atoms with Gasteiger partial charge in [-0.15, -0.1) is 0 Å². The average molecular weight is 403 g/mol. The van der Waals surface area contributed by atoms with E-state index < -0.39 is 17.1 Å². The molecule has 0 aliphatic rings. The van der Waals surface area contributed by atoms with E-state index in [0.29, 0.717) is 15.9 Å². The van der Waals surface area contributed by atoms with Gasteiger partial charge in [-0.1, -0.05) is 0 Å². The fourth-order valence-corrected chi connectivity index (χ4v) is 10.7. The van der Waals surface area contributed by atoms with E-state index >= 15 is 0 Å². The molecule has 0 spiro atoms. The maximum atomic E-state index is 12.0. The molecule has 0 saturated heterocycles. The molecular formula is C21H20ClO4P. The first-order valence-electron chi connectivity index (χ1n) is 8.34. The van der Waals surface area contributed by atoms with E-state index in [-0.39, 0.29) is 6.16 Å². The van der Waals surface area contributed by atoms with Crippen molar-refractivity contribution >= 4 is 22.7 Å². The van der Waals surface area contributed by atoms with Crippen LogP contribution in [0.2, 0.25) is 0 Å². The molecule has 4 nitrogen and oxygen atoms in total. The standard InChI is InChI=1S/C21H20ClO4P/c1-2-18-27(26-22(23,24)25,19-12-6-3-7-13-19,20-14-8-4-9-15-20)21-16-10-5-11-17-21/h2-17H,1,18H2. The number of hydrogen-bond donors (Lipinski definition) is 0. The summed E-state index contributed by atoms with van der Waals surface area (Å²) >= 11 is 0. The molecule has 27 heavy (non-hydrogen) atoms. The Labute approximate surface area is 161 Å². The first-order valence-corrected chi connectivity index (χ1v) is 11.9. The fraction of sp³-hybridized carbons (Fsp3) is 0.0476.